The summed E-state index contributed by atoms with van der Waals surface area (Å²) in [7, 11) is 0. The highest BCUT2D eigenvalue weighted by Crippen LogP contribution is 2.56. The van der Waals surface area contributed by atoms with Gasteiger partial charge in [-0.1, -0.05) is 208 Å². The molecule has 2 heteroatoms. The lowest BCUT2D eigenvalue weighted by atomic mass is 9.79. The van der Waals surface area contributed by atoms with E-state index < -0.39 is 0 Å². The van der Waals surface area contributed by atoms with Gasteiger partial charge in [-0.2, -0.15) is 0 Å². The van der Waals surface area contributed by atoms with Crippen LogP contribution in [0.1, 0.15) is 25.0 Å². The Morgan fingerprint density at radius 3 is 1.11 bits per heavy atom. The zero-order valence-electron chi connectivity index (χ0n) is 41.0. The van der Waals surface area contributed by atoms with Gasteiger partial charge in [-0.3, -0.25) is 0 Å². The molecule has 1 aliphatic carbocycles. The van der Waals surface area contributed by atoms with Crippen molar-refractivity contribution in [3.63, 3.8) is 0 Å². The molecular formula is C71H52N2. The van der Waals surface area contributed by atoms with E-state index in [0.29, 0.717) is 0 Å². The highest BCUT2D eigenvalue weighted by atomic mass is 15.1. The van der Waals surface area contributed by atoms with Crippen molar-refractivity contribution in [3.8, 4) is 55.6 Å². The Balaban J connectivity index is 0.887. The third kappa shape index (κ3) is 7.85. The van der Waals surface area contributed by atoms with Crippen LogP contribution in [0.4, 0.5) is 34.1 Å². The van der Waals surface area contributed by atoms with Crippen molar-refractivity contribution in [2.45, 2.75) is 19.3 Å². The van der Waals surface area contributed by atoms with E-state index >= 15 is 0 Å². The molecule has 0 bridgehead atoms. The van der Waals surface area contributed by atoms with E-state index in [-0.39, 0.29) is 5.41 Å². The van der Waals surface area contributed by atoms with Crippen LogP contribution in [0.2, 0.25) is 0 Å². The SMILES string of the molecule is CC1(C)c2cc(N(c3ccccc3)c3ccc(-c4cccc(-c5ccccc5)c4)cc3)ccc2-c2c1c1ccc(N(c3ccccc3)c3ccc(-c4cccc(-c5ccccc5)c4)cc3)cc1c1ccccc21. The second-order valence-corrected chi connectivity index (χ2v) is 19.7. The van der Waals surface area contributed by atoms with Crippen molar-refractivity contribution in [1.82, 2.24) is 0 Å². The summed E-state index contributed by atoms with van der Waals surface area (Å²) in [5.74, 6) is 0. The maximum absolute atomic E-state index is 2.45. The van der Waals surface area contributed by atoms with E-state index in [1.165, 1.54) is 88.3 Å². The summed E-state index contributed by atoms with van der Waals surface area (Å²) in [6, 6.07) is 102. The van der Waals surface area contributed by atoms with Gasteiger partial charge >= 0.3 is 0 Å². The summed E-state index contributed by atoms with van der Waals surface area (Å²) in [5, 5.41) is 5.08. The predicted octanol–water partition coefficient (Wildman–Crippen LogP) is 19.9. The fourth-order valence-corrected chi connectivity index (χ4v) is 11.5. The molecule has 0 saturated heterocycles. The number of benzene rings is 12. The third-order valence-electron chi connectivity index (χ3n) is 15.0. The Bertz CT molecular complexity index is 3960. The van der Waals surface area contributed by atoms with Gasteiger partial charge in [0, 0.05) is 39.5 Å². The van der Waals surface area contributed by atoms with Gasteiger partial charge in [-0.25, -0.2) is 0 Å². The van der Waals surface area contributed by atoms with E-state index in [1.807, 2.05) is 0 Å². The van der Waals surface area contributed by atoms with Gasteiger partial charge < -0.3 is 9.80 Å². The Morgan fingerprint density at radius 2 is 0.616 bits per heavy atom. The van der Waals surface area contributed by atoms with E-state index in [9.17, 15) is 0 Å². The molecule has 346 valence electrons. The van der Waals surface area contributed by atoms with Crippen LogP contribution in [0.3, 0.4) is 0 Å². The second kappa shape index (κ2) is 18.2. The minimum Gasteiger partial charge on any atom is -0.310 e. The van der Waals surface area contributed by atoms with Crippen molar-refractivity contribution in [2.75, 3.05) is 9.80 Å². The van der Waals surface area contributed by atoms with Crippen LogP contribution in [-0.4, -0.2) is 0 Å². The van der Waals surface area contributed by atoms with Gasteiger partial charge in [0.2, 0.25) is 0 Å². The summed E-state index contributed by atoms with van der Waals surface area (Å²) >= 11 is 0. The van der Waals surface area contributed by atoms with Crippen LogP contribution in [0.25, 0.3) is 77.2 Å². The Kier molecular flexibility index (Phi) is 10.9. The number of para-hydroxylation sites is 2. The topological polar surface area (TPSA) is 6.48 Å². The molecule has 0 unspecified atom stereocenters. The van der Waals surface area contributed by atoms with E-state index in [4.69, 9.17) is 0 Å². The molecule has 0 aliphatic heterocycles. The molecule has 1 aliphatic rings. The van der Waals surface area contributed by atoms with E-state index in [0.717, 1.165) is 34.1 Å². The van der Waals surface area contributed by atoms with Crippen molar-refractivity contribution in [3.05, 3.63) is 290 Å². The molecule has 0 atom stereocenters. The van der Waals surface area contributed by atoms with Gasteiger partial charge in [-0.15, -0.1) is 0 Å². The lowest BCUT2D eigenvalue weighted by molar-refractivity contribution is 0.666. The highest BCUT2D eigenvalue weighted by Gasteiger charge is 2.39. The minimum absolute atomic E-state index is 0.298. The normalized spacial score (nSPS) is 12.4. The molecule has 0 radical (unpaired) electrons. The molecule has 0 saturated carbocycles. The van der Waals surface area contributed by atoms with Gasteiger partial charge in [-0.05, 0) is 173 Å². The van der Waals surface area contributed by atoms with Gasteiger partial charge in [0.15, 0.2) is 0 Å². The molecule has 0 amide bonds. The van der Waals surface area contributed by atoms with Gasteiger partial charge in [0.05, 0.1) is 0 Å². The predicted molar refractivity (Wildman–Crippen MR) is 310 cm³/mol. The maximum atomic E-state index is 2.45. The Labute approximate surface area is 428 Å². The second-order valence-electron chi connectivity index (χ2n) is 19.7. The van der Waals surface area contributed by atoms with Crippen LogP contribution in [0.15, 0.2) is 279 Å². The standard InChI is InChI=1S/C71H52N2/c1-71(2)68-48-62(73(58-29-13-6-14-30-58)60-39-35-52(36-40-60)56-26-18-24-54(46-56)50-21-9-4-10-22-50)42-44-66(68)69-64-32-16-15-31-63(64)67-47-61(41-43-65(67)70(69)71)72(57-27-11-5-12-28-57)59-37-33-51(34-38-59)55-25-17-23-53(45-55)49-19-7-3-8-20-49/h3-48H,1-2H3. The Morgan fingerprint density at radius 1 is 0.247 bits per heavy atom. The van der Waals surface area contributed by atoms with Crippen LogP contribution in [-0.2, 0) is 5.41 Å². The molecule has 0 fully saturated rings. The number of hydrogen-bond acceptors (Lipinski definition) is 2. The molecule has 0 spiro atoms. The number of rotatable bonds is 10. The largest absolute Gasteiger partial charge is 0.310 e. The maximum Gasteiger partial charge on any atom is 0.0468 e. The molecule has 12 aromatic carbocycles. The number of hydrogen-bond donors (Lipinski definition) is 0. The molecule has 0 heterocycles. The molecule has 12 aromatic rings. The fourth-order valence-electron chi connectivity index (χ4n) is 11.5. The first-order valence-corrected chi connectivity index (χ1v) is 25.3. The third-order valence-corrected chi connectivity index (χ3v) is 15.0. The molecular weight excluding hydrogens is 881 g/mol. The van der Waals surface area contributed by atoms with Gasteiger partial charge in [0.25, 0.3) is 0 Å². The zero-order chi connectivity index (χ0) is 48.9. The first-order valence-electron chi connectivity index (χ1n) is 25.3. The molecule has 13 rings (SSSR count). The van der Waals surface area contributed by atoms with Crippen LogP contribution in [0, 0.1) is 0 Å². The number of nitrogens with zero attached hydrogens (tertiary/aromatic N) is 2. The quantitative estimate of drug-likeness (QED) is 0.126. The lowest BCUT2D eigenvalue weighted by Gasteiger charge is -2.29. The van der Waals surface area contributed by atoms with Crippen molar-refractivity contribution >= 4 is 55.7 Å². The molecule has 2 nitrogen and oxygen atoms in total. The van der Waals surface area contributed by atoms with Crippen molar-refractivity contribution in [1.29, 1.82) is 0 Å². The molecule has 73 heavy (non-hydrogen) atoms. The van der Waals surface area contributed by atoms with Crippen LogP contribution in [0.5, 0.6) is 0 Å². The minimum atomic E-state index is -0.298. The summed E-state index contributed by atoms with van der Waals surface area (Å²) in [4.78, 5) is 4.79. The Hall–Kier alpha value is -9.24. The van der Waals surface area contributed by atoms with E-state index in [2.05, 4.69) is 303 Å². The zero-order valence-corrected chi connectivity index (χ0v) is 41.0. The van der Waals surface area contributed by atoms with Crippen LogP contribution >= 0.6 is 0 Å². The highest BCUT2D eigenvalue weighted by molar-refractivity contribution is 6.19. The first kappa shape index (κ1) is 43.8. The monoisotopic (exact) mass is 932 g/mol. The average Bonchev–Trinajstić information content (AvgIpc) is 3.70. The molecule has 0 aromatic heterocycles. The van der Waals surface area contributed by atoms with E-state index in [1.54, 1.807) is 0 Å². The van der Waals surface area contributed by atoms with Crippen molar-refractivity contribution in [2.24, 2.45) is 0 Å². The summed E-state index contributed by atoms with van der Waals surface area (Å²) in [6.45, 7) is 4.84. The number of fused-ring (bicyclic) bond motifs is 8. The van der Waals surface area contributed by atoms with Gasteiger partial charge in [0.1, 0.15) is 0 Å². The fraction of sp³-hybridized carbons (Fsp3) is 0.0423. The van der Waals surface area contributed by atoms with Crippen molar-refractivity contribution < 1.29 is 0 Å². The summed E-state index contributed by atoms with van der Waals surface area (Å²) in [6.07, 6.45) is 0. The van der Waals surface area contributed by atoms with Crippen LogP contribution < -0.4 is 9.80 Å². The summed E-state index contributed by atoms with van der Waals surface area (Å²) < 4.78 is 0. The number of anilines is 6. The average molecular weight is 933 g/mol. The smallest absolute Gasteiger partial charge is 0.0468 e. The lowest BCUT2D eigenvalue weighted by Crippen LogP contribution is -2.17. The summed E-state index contributed by atoms with van der Waals surface area (Å²) in [5.41, 5.74) is 21.4. The molecule has 0 N–H and O–H groups in total. The first-order chi connectivity index (χ1) is 36.0.